The Kier molecular flexibility index (Phi) is 7.22. The zero-order valence-electron chi connectivity index (χ0n) is 17.5. The first-order chi connectivity index (χ1) is 14.9. The fourth-order valence-electron chi connectivity index (χ4n) is 3.06. The van der Waals surface area contributed by atoms with E-state index in [-0.39, 0.29) is 30.8 Å². The average molecular weight is 419 g/mol. The lowest BCUT2D eigenvalue weighted by Crippen LogP contribution is -2.42. The van der Waals surface area contributed by atoms with Gasteiger partial charge in [0.1, 0.15) is 0 Å². The SMILES string of the molecule is Cc1ccc(C(NC(=O)CNC(=O)CNC(=O)c2ccco2)c2ccccc2)cc1C. The van der Waals surface area contributed by atoms with Gasteiger partial charge in [-0.15, -0.1) is 0 Å². The summed E-state index contributed by atoms with van der Waals surface area (Å²) in [6, 6.07) is 18.4. The number of hydrogen-bond acceptors (Lipinski definition) is 4. The first-order valence-corrected chi connectivity index (χ1v) is 9.94. The monoisotopic (exact) mass is 419 g/mol. The molecule has 0 saturated heterocycles. The Hall–Kier alpha value is -3.87. The molecule has 2 aromatic carbocycles. The molecule has 0 fully saturated rings. The van der Waals surface area contributed by atoms with E-state index in [1.807, 2.05) is 56.3 Å². The summed E-state index contributed by atoms with van der Waals surface area (Å²) >= 11 is 0. The summed E-state index contributed by atoms with van der Waals surface area (Å²) in [5, 5.41) is 7.93. The van der Waals surface area contributed by atoms with Crippen molar-refractivity contribution >= 4 is 17.7 Å². The molecule has 160 valence electrons. The van der Waals surface area contributed by atoms with Gasteiger partial charge in [-0.2, -0.15) is 0 Å². The third-order valence-corrected chi connectivity index (χ3v) is 4.90. The maximum absolute atomic E-state index is 12.6. The van der Waals surface area contributed by atoms with Crippen molar-refractivity contribution in [1.82, 2.24) is 16.0 Å². The Morgan fingerprint density at radius 1 is 0.806 bits per heavy atom. The first kappa shape index (κ1) is 21.8. The third-order valence-electron chi connectivity index (χ3n) is 4.90. The maximum Gasteiger partial charge on any atom is 0.287 e. The summed E-state index contributed by atoms with van der Waals surface area (Å²) in [5.74, 6) is -1.19. The number of carbonyl (C=O) groups is 3. The summed E-state index contributed by atoms with van der Waals surface area (Å²) in [4.78, 5) is 36.3. The van der Waals surface area contributed by atoms with Gasteiger partial charge in [-0.25, -0.2) is 0 Å². The van der Waals surface area contributed by atoms with E-state index in [0.717, 1.165) is 16.7 Å². The first-order valence-electron chi connectivity index (χ1n) is 9.94. The van der Waals surface area contributed by atoms with Crippen LogP contribution in [0.15, 0.2) is 71.3 Å². The molecule has 0 aliphatic heterocycles. The van der Waals surface area contributed by atoms with Crippen molar-refractivity contribution in [1.29, 1.82) is 0 Å². The highest BCUT2D eigenvalue weighted by molar-refractivity contribution is 5.94. The lowest BCUT2D eigenvalue weighted by atomic mass is 9.95. The molecule has 3 aromatic rings. The van der Waals surface area contributed by atoms with Crippen LogP contribution in [-0.2, 0) is 9.59 Å². The molecule has 0 bridgehead atoms. The van der Waals surface area contributed by atoms with Gasteiger partial charge in [-0.3, -0.25) is 14.4 Å². The van der Waals surface area contributed by atoms with Crippen LogP contribution in [0, 0.1) is 13.8 Å². The predicted molar refractivity (Wildman–Crippen MR) is 116 cm³/mol. The van der Waals surface area contributed by atoms with Gasteiger partial charge in [0.2, 0.25) is 11.8 Å². The molecule has 0 aliphatic carbocycles. The fourth-order valence-corrected chi connectivity index (χ4v) is 3.06. The van der Waals surface area contributed by atoms with E-state index in [9.17, 15) is 14.4 Å². The van der Waals surface area contributed by atoms with Crippen molar-refractivity contribution in [3.63, 3.8) is 0 Å². The normalized spacial score (nSPS) is 11.4. The van der Waals surface area contributed by atoms with Crippen LogP contribution in [0.5, 0.6) is 0 Å². The second-order valence-corrected chi connectivity index (χ2v) is 7.19. The minimum Gasteiger partial charge on any atom is -0.459 e. The molecule has 3 rings (SSSR count). The van der Waals surface area contributed by atoms with E-state index in [0.29, 0.717) is 0 Å². The molecule has 1 unspecified atom stereocenters. The Morgan fingerprint density at radius 2 is 1.55 bits per heavy atom. The van der Waals surface area contributed by atoms with E-state index >= 15 is 0 Å². The van der Waals surface area contributed by atoms with Crippen molar-refractivity contribution in [2.45, 2.75) is 19.9 Å². The van der Waals surface area contributed by atoms with Crippen LogP contribution in [0.3, 0.4) is 0 Å². The number of benzene rings is 2. The summed E-state index contributed by atoms with van der Waals surface area (Å²) in [6.45, 7) is 3.60. The summed E-state index contributed by atoms with van der Waals surface area (Å²) in [6.07, 6.45) is 1.37. The number of aryl methyl sites for hydroxylation is 2. The highest BCUT2D eigenvalue weighted by atomic mass is 16.3. The number of carbonyl (C=O) groups excluding carboxylic acids is 3. The van der Waals surface area contributed by atoms with Crippen LogP contribution in [0.1, 0.15) is 38.9 Å². The zero-order chi connectivity index (χ0) is 22.2. The lowest BCUT2D eigenvalue weighted by molar-refractivity contribution is -0.125. The van der Waals surface area contributed by atoms with E-state index in [4.69, 9.17) is 4.42 Å². The van der Waals surface area contributed by atoms with Crippen LogP contribution >= 0.6 is 0 Å². The van der Waals surface area contributed by atoms with Crippen molar-refractivity contribution < 1.29 is 18.8 Å². The number of furan rings is 1. The van der Waals surface area contributed by atoms with E-state index < -0.39 is 11.8 Å². The van der Waals surface area contributed by atoms with Crippen molar-refractivity contribution in [3.8, 4) is 0 Å². The van der Waals surface area contributed by atoms with Crippen molar-refractivity contribution in [2.75, 3.05) is 13.1 Å². The highest BCUT2D eigenvalue weighted by Crippen LogP contribution is 2.24. The maximum atomic E-state index is 12.6. The molecule has 0 saturated carbocycles. The molecule has 31 heavy (non-hydrogen) atoms. The van der Waals surface area contributed by atoms with Gasteiger partial charge in [0.05, 0.1) is 25.4 Å². The second kappa shape index (κ2) is 10.2. The minimum atomic E-state index is -0.497. The van der Waals surface area contributed by atoms with Crippen LogP contribution in [0.25, 0.3) is 0 Å². The topological polar surface area (TPSA) is 100 Å². The molecule has 0 aliphatic rings. The highest BCUT2D eigenvalue weighted by Gasteiger charge is 2.18. The largest absolute Gasteiger partial charge is 0.459 e. The smallest absolute Gasteiger partial charge is 0.287 e. The molecule has 3 amide bonds. The molecule has 0 spiro atoms. The predicted octanol–water partition coefficient (Wildman–Crippen LogP) is 2.65. The Balaban J connectivity index is 1.58. The molecule has 3 N–H and O–H groups in total. The van der Waals surface area contributed by atoms with E-state index in [1.54, 1.807) is 6.07 Å². The molecular weight excluding hydrogens is 394 g/mol. The number of nitrogens with one attached hydrogen (secondary N) is 3. The van der Waals surface area contributed by atoms with Crippen LogP contribution < -0.4 is 16.0 Å². The van der Waals surface area contributed by atoms with Crippen molar-refractivity contribution in [3.05, 3.63) is 94.9 Å². The number of rotatable bonds is 8. The van der Waals surface area contributed by atoms with E-state index in [2.05, 4.69) is 22.0 Å². The Bertz CT molecular complexity index is 1050. The van der Waals surface area contributed by atoms with Gasteiger partial charge >= 0.3 is 0 Å². The fraction of sp³-hybridized carbons (Fsp3) is 0.208. The quantitative estimate of drug-likeness (QED) is 0.523. The van der Waals surface area contributed by atoms with Gasteiger partial charge in [0, 0.05) is 0 Å². The molecule has 0 radical (unpaired) electrons. The molecular formula is C24H25N3O4. The number of amides is 3. The molecule has 7 nitrogen and oxygen atoms in total. The molecule has 1 heterocycles. The average Bonchev–Trinajstić information content (AvgIpc) is 3.32. The molecule has 7 heteroatoms. The minimum absolute atomic E-state index is 0.115. The molecule has 1 atom stereocenters. The number of hydrogen-bond donors (Lipinski definition) is 3. The standard InChI is InChI=1S/C24H25N3O4/c1-16-10-11-19(13-17(16)2)23(18-7-4-3-5-8-18)27-22(29)15-25-21(28)14-26-24(30)20-9-6-12-31-20/h3-13,23H,14-15H2,1-2H3,(H,25,28)(H,26,30)(H,27,29). The lowest BCUT2D eigenvalue weighted by Gasteiger charge is -2.21. The van der Waals surface area contributed by atoms with Gasteiger partial charge in [-0.05, 0) is 48.2 Å². The Labute approximate surface area is 180 Å². The summed E-state index contributed by atoms with van der Waals surface area (Å²) in [7, 11) is 0. The third kappa shape index (κ3) is 6.05. The van der Waals surface area contributed by atoms with Crippen LogP contribution in [-0.4, -0.2) is 30.8 Å². The van der Waals surface area contributed by atoms with E-state index in [1.165, 1.54) is 17.9 Å². The van der Waals surface area contributed by atoms with Crippen molar-refractivity contribution in [2.24, 2.45) is 0 Å². The summed E-state index contributed by atoms with van der Waals surface area (Å²) in [5.41, 5.74) is 4.20. The Morgan fingerprint density at radius 3 is 2.23 bits per heavy atom. The van der Waals surface area contributed by atoms with Gasteiger partial charge < -0.3 is 20.4 Å². The zero-order valence-corrected chi connectivity index (χ0v) is 17.5. The van der Waals surface area contributed by atoms with Gasteiger partial charge in [0.15, 0.2) is 5.76 Å². The van der Waals surface area contributed by atoms with Gasteiger partial charge in [0.25, 0.3) is 5.91 Å². The summed E-state index contributed by atoms with van der Waals surface area (Å²) < 4.78 is 4.96. The van der Waals surface area contributed by atoms with Crippen LogP contribution in [0.2, 0.25) is 0 Å². The second-order valence-electron chi connectivity index (χ2n) is 7.19. The van der Waals surface area contributed by atoms with Crippen LogP contribution in [0.4, 0.5) is 0 Å². The van der Waals surface area contributed by atoms with Gasteiger partial charge in [-0.1, -0.05) is 48.5 Å². The molecule has 1 aromatic heterocycles.